The molecule has 7 heteroatoms. The van der Waals surface area contributed by atoms with E-state index in [0.717, 1.165) is 78.9 Å². The smallest absolute Gasteiger partial charge is 0.408 e. The number of hydrogen-bond acceptors (Lipinski definition) is 4. The van der Waals surface area contributed by atoms with Gasteiger partial charge in [-0.2, -0.15) is 0 Å². The number of ether oxygens (including phenoxy) is 1. The molecule has 0 radical (unpaired) electrons. The number of likely N-dealkylation sites (tertiary alicyclic amines) is 1. The van der Waals surface area contributed by atoms with E-state index in [1.54, 1.807) is 0 Å². The fraction of sp³-hybridized carbons (Fsp3) is 0.364. The number of benzene rings is 2. The van der Waals surface area contributed by atoms with E-state index in [1.165, 1.54) is 0 Å². The minimum atomic E-state index is -0.547. The van der Waals surface area contributed by atoms with Gasteiger partial charge in [0.25, 0.3) is 5.91 Å². The molecule has 206 valence electrons. The van der Waals surface area contributed by atoms with E-state index in [2.05, 4.69) is 46.1 Å². The fourth-order valence-corrected chi connectivity index (χ4v) is 5.82. The molecular formula is C33H36N4O3. The van der Waals surface area contributed by atoms with Crippen molar-refractivity contribution in [3.8, 4) is 22.5 Å². The largest absolute Gasteiger partial charge is 0.444 e. The predicted molar refractivity (Wildman–Crippen MR) is 156 cm³/mol. The Morgan fingerprint density at radius 3 is 2.23 bits per heavy atom. The molecule has 1 saturated heterocycles. The molecule has 0 atom stereocenters. The van der Waals surface area contributed by atoms with Gasteiger partial charge in [-0.1, -0.05) is 54.6 Å². The van der Waals surface area contributed by atoms with Crippen LogP contribution < -0.4 is 5.32 Å². The number of aromatic nitrogens is 2. The Kier molecular flexibility index (Phi) is 6.61. The third-order valence-electron chi connectivity index (χ3n) is 7.97. The zero-order valence-corrected chi connectivity index (χ0v) is 23.4. The molecule has 1 saturated carbocycles. The van der Waals surface area contributed by atoms with Crippen LogP contribution in [0.1, 0.15) is 68.8 Å². The molecule has 1 aliphatic heterocycles. The molecule has 4 aromatic rings. The zero-order valence-electron chi connectivity index (χ0n) is 23.4. The SMILES string of the molecule is CC(C)(C)OC(=O)NC1(c2ccc(-c3nc4cc(C(=O)N5CCCC5)ccn4c3-c3ccccc3)cc2)CCC1. The topological polar surface area (TPSA) is 75.9 Å². The number of alkyl carbamates (subject to hydrolysis) is 1. The maximum atomic E-state index is 13.1. The quantitative estimate of drug-likeness (QED) is 0.304. The van der Waals surface area contributed by atoms with Crippen molar-refractivity contribution in [3.63, 3.8) is 0 Å². The van der Waals surface area contributed by atoms with Crippen LogP contribution in [0.25, 0.3) is 28.2 Å². The van der Waals surface area contributed by atoms with E-state index in [1.807, 2.05) is 62.2 Å². The number of nitrogens with zero attached hydrogens (tertiary/aromatic N) is 3. The van der Waals surface area contributed by atoms with Crippen LogP contribution in [0.4, 0.5) is 4.79 Å². The first kappa shape index (κ1) is 26.1. The number of carbonyl (C=O) groups is 2. The first-order valence-corrected chi connectivity index (χ1v) is 14.2. The molecule has 7 nitrogen and oxygen atoms in total. The van der Waals surface area contributed by atoms with Gasteiger partial charge in [0.05, 0.1) is 16.9 Å². The Labute approximate surface area is 235 Å². The highest BCUT2D eigenvalue weighted by molar-refractivity contribution is 5.96. The standard InChI is InChI=1S/C33H36N4O3/c1-32(2,3)40-31(39)35-33(17-9-18-33)26-14-12-23(13-15-26)28-29(24-10-5-4-6-11-24)37-21-16-25(22-27(37)34-28)30(38)36-19-7-8-20-36/h4-6,10-16,21-22H,7-9,17-20H2,1-3H3,(H,35,39). The van der Waals surface area contributed by atoms with Crippen molar-refractivity contribution in [2.24, 2.45) is 0 Å². The average Bonchev–Trinajstić information content (AvgIpc) is 3.58. The van der Waals surface area contributed by atoms with Crippen LogP contribution in [0.2, 0.25) is 0 Å². The van der Waals surface area contributed by atoms with Crippen molar-refractivity contribution >= 4 is 17.6 Å². The maximum Gasteiger partial charge on any atom is 0.408 e. The summed E-state index contributed by atoms with van der Waals surface area (Å²) in [6.45, 7) is 7.25. The summed E-state index contributed by atoms with van der Waals surface area (Å²) in [5.41, 5.74) is 5.38. The van der Waals surface area contributed by atoms with Crippen molar-refractivity contribution in [1.29, 1.82) is 0 Å². The van der Waals surface area contributed by atoms with Gasteiger partial charge in [0, 0.05) is 36.0 Å². The van der Waals surface area contributed by atoms with Crippen molar-refractivity contribution < 1.29 is 14.3 Å². The summed E-state index contributed by atoms with van der Waals surface area (Å²) >= 11 is 0. The van der Waals surface area contributed by atoms with Crippen LogP contribution in [-0.4, -0.2) is 45.0 Å². The Morgan fingerprint density at radius 1 is 0.900 bits per heavy atom. The Hall–Kier alpha value is -4.13. The molecule has 2 aliphatic rings. The molecule has 1 aliphatic carbocycles. The second-order valence-corrected chi connectivity index (χ2v) is 12.0. The summed E-state index contributed by atoms with van der Waals surface area (Å²) in [6.07, 6.45) is 6.50. The Bertz CT molecular complexity index is 1540. The Balaban J connectivity index is 1.36. The van der Waals surface area contributed by atoms with Crippen molar-refractivity contribution in [1.82, 2.24) is 19.6 Å². The van der Waals surface area contributed by atoms with Crippen LogP contribution in [0, 0.1) is 0 Å². The molecule has 40 heavy (non-hydrogen) atoms. The number of pyridine rings is 1. The second kappa shape index (κ2) is 10.1. The number of rotatable bonds is 5. The summed E-state index contributed by atoms with van der Waals surface area (Å²) in [4.78, 5) is 32.7. The number of amides is 2. The van der Waals surface area contributed by atoms with Gasteiger partial charge in [0.1, 0.15) is 11.2 Å². The molecule has 0 spiro atoms. The highest BCUT2D eigenvalue weighted by atomic mass is 16.6. The zero-order chi connectivity index (χ0) is 27.9. The normalized spacial score (nSPS) is 16.5. The van der Waals surface area contributed by atoms with Gasteiger partial charge in [0.2, 0.25) is 0 Å². The van der Waals surface area contributed by atoms with E-state index in [0.29, 0.717) is 5.56 Å². The highest BCUT2D eigenvalue weighted by Crippen LogP contribution is 2.42. The maximum absolute atomic E-state index is 13.1. The fourth-order valence-electron chi connectivity index (χ4n) is 5.82. The monoisotopic (exact) mass is 536 g/mol. The van der Waals surface area contributed by atoms with Crippen LogP contribution in [0.5, 0.6) is 0 Å². The lowest BCUT2D eigenvalue weighted by Gasteiger charge is -2.43. The number of imidazole rings is 1. The molecule has 0 unspecified atom stereocenters. The van der Waals surface area contributed by atoms with E-state index < -0.39 is 11.1 Å². The lowest BCUT2D eigenvalue weighted by Crippen LogP contribution is -2.52. The van der Waals surface area contributed by atoms with Gasteiger partial charge in [-0.3, -0.25) is 9.20 Å². The Morgan fingerprint density at radius 2 is 1.60 bits per heavy atom. The molecule has 2 aromatic heterocycles. The van der Waals surface area contributed by atoms with Gasteiger partial charge in [-0.15, -0.1) is 0 Å². The summed E-state index contributed by atoms with van der Waals surface area (Å²) in [5, 5.41) is 3.14. The van der Waals surface area contributed by atoms with Gasteiger partial charge >= 0.3 is 6.09 Å². The van der Waals surface area contributed by atoms with Crippen molar-refractivity contribution in [2.75, 3.05) is 13.1 Å². The average molecular weight is 537 g/mol. The lowest BCUT2D eigenvalue weighted by molar-refractivity contribution is 0.0377. The molecule has 6 rings (SSSR count). The van der Waals surface area contributed by atoms with Crippen LogP contribution in [0.15, 0.2) is 72.9 Å². The summed E-state index contributed by atoms with van der Waals surface area (Å²) in [7, 11) is 0. The van der Waals surface area contributed by atoms with E-state index >= 15 is 0 Å². The minimum Gasteiger partial charge on any atom is -0.444 e. The minimum absolute atomic E-state index is 0.0680. The van der Waals surface area contributed by atoms with Crippen LogP contribution in [-0.2, 0) is 10.3 Å². The van der Waals surface area contributed by atoms with Gasteiger partial charge in [0.15, 0.2) is 0 Å². The highest BCUT2D eigenvalue weighted by Gasteiger charge is 2.41. The molecule has 1 N–H and O–H groups in total. The van der Waals surface area contributed by atoms with Crippen LogP contribution in [0.3, 0.4) is 0 Å². The second-order valence-electron chi connectivity index (χ2n) is 12.0. The molecular weight excluding hydrogens is 500 g/mol. The molecule has 2 amide bonds. The number of carbonyl (C=O) groups excluding carboxylic acids is 2. The van der Waals surface area contributed by atoms with Gasteiger partial charge in [-0.25, -0.2) is 9.78 Å². The first-order valence-electron chi connectivity index (χ1n) is 14.2. The summed E-state index contributed by atoms with van der Waals surface area (Å²) in [5.74, 6) is 0.0680. The third-order valence-corrected chi connectivity index (χ3v) is 7.97. The number of fused-ring (bicyclic) bond motifs is 1. The summed E-state index contributed by atoms with van der Waals surface area (Å²) < 4.78 is 7.62. The molecule has 2 fully saturated rings. The first-order chi connectivity index (χ1) is 19.2. The van der Waals surface area contributed by atoms with E-state index in [9.17, 15) is 9.59 Å². The molecule has 2 aromatic carbocycles. The van der Waals surface area contributed by atoms with Crippen molar-refractivity contribution in [3.05, 3.63) is 84.1 Å². The summed E-state index contributed by atoms with van der Waals surface area (Å²) in [6, 6.07) is 22.4. The van der Waals surface area contributed by atoms with Crippen LogP contribution >= 0.6 is 0 Å². The lowest BCUT2D eigenvalue weighted by atomic mass is 9.71. The van der Waals surface area contributed by atoms with Gasteiger partial charge in [-0.05, 0) is 70.6 Å². The van der Waals surface area contributed by atoms with E-state index in [4.69, 9.17) is 9.72 Å². The van der Waals surface area contributed by atoms with Crippen molar-refractivity contribution in [2.45, 2.75) is 64.0 Å². The number of hydrogen-bond donors (Lipinski definition) is 1. The molecule has 0 bridgehead atoms. The predicted octanol–water partition coefficient (Wildman–Crippen LogP) is 6.81. The van der Waals surface area contributed by atoms with Gasteiger partial charge < -0.3 is 15.0 Å². The third kappa shape index (κ3) is 4.96. The number of nitrogens with one attached hydrogen (secondary N) is 1. The molecule has 3 heterocycles. The van der Waals surface area contributed by atoms with E-state index in [-0.39, 0.29) is 12.0 Å².